The van der Waals surface area contributed by atoms with E-state index in [1.807, 2.05) is 0 Å². The lowest BCUT2D eigenvalue weighted by molar-refractivity contribution is -0.122. The molecule has 0 saturated carbocycles. The van der Waals surface area contributed by atoms with Gasteiger partial charge in [0.15, 0.2) is 0 Å². The monoisotopic (exact) mass is 305 g/mol. The highest BCUT2D eigenvalue weighted by Gasteiger charge is 2.10. The number of hydrogen-bond acceptors (Lipinski definition) is 4. The molecule has 0 aliphatic heterocycles. The van der Waals surface area contributed by atoms with Crippen LogP contribution in [-0.4, -0.2) is 31.6 Å². The molecule has 0 aliphatic rings. The minimum atomic E-state index is -0.566. The number of anilines is 1. The molecule has 6 nitrogen and oxygen atoms in total. The van der Waals surface area contributed by atoms with Crippen molar-refractivity contribution in [3.8, 4) is 0 Å². The third-order valence-electron chi connectivity index (χ3n) is 2.12. The highest BCUT2D eigenvalue weighted by Crippen LogP contribution is 2.28. The van der Waals surface area contributed by atoms with E-state index in [1.54, 1.807) is 0 Å². The molecule has 1 aromatic rings. The van der Waals surface area contributed by atoms with Gasteiger partial charge in [-0.15, -0.1) is 0 Å². The van der Waals surface area contributed by atoms with E-state index in [4.69, 9.17) is 39.4 Å². The predicted molar refractivity (Wildman–Crippen MR) is 73.2 cm³/mol. The summed E-state index contributed by atoms with van der Waals surface area (Å²) in [4.78, 5) is 22.1. The number of nitrogen functional groups attached to an aromatic ring is 1. The fourth-order valence-corrected chi connectivity index (χ4v) is 1.71. The largest absolute Gasteiger partial charge is 0.396 e. The number of ether oxygens (including phenoxy) is 1. The van der Waals surface area contributed by atoms with Crippen LogP contribution in [0.3, 0.4) is 0 Å². The molecular formula is C11H13Cl2N3O3. The first-order valence-electron chi connectivity index (χ1n) is 5.30. The summed E-state index contributed by atoms with van der Waals surface area (Å²) in [6, 6.07) is 2.84. The van der Waals surface area contributed by atoms with E-state index in [0.717, 1.165) is 0 Å². The van der Waals surface area contributed by atoms with Crippen LogP contribution in [0.4, 0.5) is 5.69 Å². The summed E-state index contributed by atoms with van der Waals surface area (Å²) in [5.74, 6) is -0.935. The summed E-state index contributed by atoms with van der Waals surface area (Å²) < 4.78 is 4.89. The summed E-state index contributed by atoms with van der Waals surface area (Å²) in [5.41, 5.74) is 11.0. The first-order chi connectivity index (χ1) is 8.91. The maximum atomic E-state index is 11.7. The molecule has 19 heavy (non-hydrogen) atoms. The Morgan fingerprint density at radius 2 is 1.84 bits per heavy atom. The number of benzene rings is 1. The standard InChI is InChI=1S/C11H13Cl2N3O3/c12-7-3-6(4-8(13)10(7)15)11(18)16-1-2-19-5-9(14)17/h3-4H,1-2,5,15H2,(H2,14,17)(H,16,18). The lowest BCUT2D eigenvalue weighted by Crippen LogP contribution is -2.28. The van der Waals surface area contributed by atoms with Crippen LogP contribution in [0.25, 0.3) is 0 Å². The number of hydrogen-bond donors (Lipinski definition) is 3. The molecule has 2 amide bonds. The fraction of sp³-hybridized carbons (Fsp3) is 0.273. The van der Waals surface area contributed by atoms with Crippen molar-refractivity contribution in [2.24, 2.45) is 5.73 Å². The number of halogens is 2. The molecule has 1 aromatic carbocycles. The Labute approximate surface area is 120 Å². The minimum absolute atomic E-state index is 0.172. The minimum Gasteiger partial charge on any atom is -0.396 e. The molecule has 0 atom stereocenters. The summed E-state index contributed by atoms with van der Waals surface area (Å²) in [7, 11) is 0. The molecule has 1 rings (SSSR count). The molecule has 0 aliphatic carbocycles. The van der Waals surface area contributed by atoms with Gasteiger partial charge in [-0.1, -0.05) is 23.2 Å². The normalized spacial score (nSPS) is 10.2. The second kappa shape index (κ2) is 7.18. The molecule has 0 heterocycles. The first-order valence-corrected chi connectivity index (χ1v) is 6.06. The van der Waals surface area contributed by atoms with E-state index in [2.05, 4.69) is 5.32 Å². The Hall–Kier alpha value is -1.50. The molecule has 0 spiro atoms. The van der Waals surface area contributed by atoms with Crippen molar-refractivity contribution in [2.75, 3.05) is 25.5 Å². The van der Waals surface area contributed by atoms with E-state index in [0.29, 0.717) is 5.56 Å². The van der Waals surface area contributed by atoms with Gasteiger partial charge in [0.1, 0.15) is 6.61 Å². The van der Waals surface area contributed by atoms with Crippen molar-refractivity contribution in [1.29, 1.82) is 0 Å². The number of carbonyl (C=O) groups excluding carboxylic acids is 2. The van der Waals surface area contributed by atoms with Gasteiger partial charge in [-0.3, -0.25) is 9.59 Å². The van der Waals surface area contributed by atoms with Crippen LogP contribution in [-0.2, 0) is 9.53 Å². The van der Waals surface area contributed by atoms with Crippen LogP contribution in [0.5, 0.6) is 0 Å². The van der Waals surface area contributed by atoms with Crippen molar-refractivity contribution in [2.45, 2.75) is 0 Å². The van der Waals surface area contributed by atoms with Crippen LogP contribution >= 0.6 is 23.2 Å². The van der Waals surface area contributed by atoms with Crippen molar-refractivity contribution in [1.82, 2.24) is 5.32 Å². The van der Waals surface area contributed by atoms with Crippen LogP contribution in [0.1, 0.15) is 10.4 Å². The number of primary amides is 1. The smallest absolute Gasteiger partial charge is 0.251 e. The molecule has 104 valence electrons. The maximum absolute atomic E-state index is 11.7. The highest BCUT2D eigenvalue weighted by molar-refractivity contribution is 6.39. The molecule has 0 saturated heterocycles. The summed E-state index contributed by atoms with van der Waals surface area (Å²) >= 11 is 11.6. The van der Waals surface area contributed by atoms with Gasteiger partial charge in [0, 0.05) is 12.1 Å². The second-order valence-electron chi connectivity index (χ2n) is 3.63. The quantitative estimate of drug-likeness (QED) is 0.534. The van der Waals surface area contributed by atoms with Crippen molar-refractivity contribution in [3.63, 3.8) is 0 Å². The van der Waals surface area contributed by atoms with Gasteiger partial charge in [0.25, 0.3) is 5.91 Å². The van der Waals surface area contributed by atoms with Crippen molar-refractivity contribution >= 4 is 40.7 Å². The van der Waals surface area contributed by atoms with Crippen LogP contribution < -0.4 is 16.8 Å². The van der Waals surface area contributed by atoms with Gasteiger partial charge in [0.2, 0.25) is 5.91 Å². The Balaban J connectivity index is 2.48. The Morgan fingerprint density at radius 1 is 1.26 bits per heavy atom. The number of rotatable bonds is 6. The fourth-order valence-electron chi connectivity index (χ4n) is 1.23. The molecule has 0 bridgehead atoms. The second-order valence-corrected chi connectivity index (χ2v) is 4.44. The lowest BCUT2D eigenvalue weighted by atomic mass is 10.2. The van der Waals surface area contributed by atoms with Gasteiger partial charge in [-0.25, -0.2) is 0 Å². The number of nitrogens with two attached hydrogens (primary N) is 2. The van der Waals surface area contributed by atoms with E-state index >= 15 is 0 Å². The van der Waals surface area contributed by atoms with E-state index in [1.165, 1.54) is 12.1 Å². The van der Waals surface area contributed by atoms with Gasteiger partial charge >= 0.3 is 0 Å². The average molecular weight is 306 g/mol. The molecule has 0 aromatic heterocycles. The van der Waals surface area contributed by atoms with Gasteiger partial charge in [0.05, 0.1) is 22.3 Å². The maximum Gasteiger partial charge on any atom is 0.251 e. The average Bonchev–Trinajstić information content (AvgIpc) is 2.34. The third kappa shape index (κ3) is 4.94. The molecule has 8 heteroatoms. The Bertz CT molecular complexity index is 471. The number of nitrogens with one attached hydrogen (secondary N) is 1. The third-order valence-corrected chi connectivity index (χ3v) is 2.74. The molecule has 0 fully saturated rings. The Kier molecular flexibility index (Phi) is 5.88. The summed E-state index contributed by atoms with van der Waals surface area (Å²) in [6.07, 6.45) is 0. The summed E-state index contributed by atoms with van der Waals surface area (Å²) in [5, 5.41) is 2.99. The number of amides is 2. The van der Waals surface area contributed by atoms with E-state index in [9.17, 15) is 9.59 Å². The van der Waals surface area contributed by atoms with E-state index in [-0.39, 0.29) is 41.4 Å². The zero-order chi connectivity index (χ0) is 14.4. The topological polar surface area (TPSA) is 107 Å². The zero-order valence-corrected chi connectivity index (χ0v) is 11.4. The van der Waals surface area contributed by atoms with Crippen molar-refractivity contribution in [3.05, 3.63) is 27.7 Å². The highest BCUT2D eigenvalue weighted by atomic mass is 35.5. The van der Waals surface area contributed by atoms with Gasteiger partial charge < -0.3 is 21.5 Å². The van der Waals surface area contributed by atoms with Crippen LogP contribution in [0.2, 0.25) is 10.0 Å². The van der Waals surface area contributed by atoms with Gasteiger partial charge in [-0.2, -0.15) is 0 Å². The Morgan fingerprint density at radius 3 is 2.37 bits per heavy atom. The first kappa shape index (κ1) is 15.6. The van der Waals surface area contributed by atoms with Gasteiger partial charge in [-0.05, 0) is 12.1 Å². The lowest BCUT2D eigenvalue weighted by Gasteiger charge is -2.08. The zero-order valence-electron chi connectivity index (χ0n) is 9.91. The molecule has 0 radical (unpaired) electrons. The molecule has 5 N–H and O–H groups in total. The SMILES string of the molecule is NC(=O)COCCNC(=O)c1cc(Cl)c(N)c(Cl)c1. The van der Waals surface area contributed by atoms with Crippen LogP contribution in [0, 0.1) is 0 Å². The number of carbonyl (C=O) groups is 2. The molecule has 0 unspecified atom stereocenters. The predicted octanol–water partition coefficient (Wildman–Crippen LogP) is 0.807. The molecular weight excluding hydrogens is 293 g/mol. The van der Waals surface area contributed by atoms with Crippen molar-refractivity contribution < 1.29 is 14.3 Å². The summed E-state index contributed by atoms with van der Waals surface area (Å²) in [6.45, 7) is 0.215. The van der Waals surface area contributed by atoms with E-state index < -0.39 is 5.91 Å². The van der Waals surface area contributed by atoms with Crippen LogP contribution in [0.15, 0.2) is 12.1 Å².